The molecule has 156 valence electrons. The van der Waals surface area contributed by atoms with E-state index in [0.29, 0.717) is 6.42 Å². The van der Waals surface area contributed by atoms with Gasteiger partial charge in [-0.2, -0.15) is 0 Å². The Hall–Kier alpha value is -1.58. The van der Waals surface area contributed by atoms with Crippen LogP contribution in [-0.2, 0) is 9.53 Å². The predicted molar refractivity (Wildman–Crippen MR) is 122 cm³/mol. The van der Waals surface area contributed by atoms with Gasteiger partial charge >= 0.3 is 5.97 Å². The van der Waals surface area contributed by atoms with Gasteiger partial charge in [0.2, 0.25) is 0 Å². The molecule has 1 N–H and O–H groups in total. The summed E-state index contributed by atoms with van der Waals surface area (Å²) in [4.78, 5) is 25.3. The number of hydrogen-bond donors (Lipinski definition) is 1. The number of anilines is 1. The lowest BCUT2D eigenvalue weighted by atomic mass is 10.3. The molecule has 1 saturated carbocycles. The molecule has 2 aliphatic rings. The zero-order valence-electron chi connectivity index (χ0n) is 16.7. The van der Waals surface area contributed by atoms with Gasteiger partial charge in [0, 0.05) is 52.4 Å². The highest BCUT2D eigenvalue weighted by Crippen LogP contribution is 2.21. The summed E-state index contributed by atoms with van der Waals surface area (Å²) in [6, 6.07) is 6.01. The van der Waals surface area contributed by atoms with Crippen LogP contribution in [0.3, 0.4) is 0 Å². The highest BCUT2D eigenvalue weighted by atomic mass is 127. The van der Waals surface area contributed by atoms with Crippen molar-refractivity contribution in [2.45, 2.75) is 44.6 Å². The number of rotatable bonds is 6. The van der Waals surface area contributed by atoms with Crippen LogP contribution in [0, 0.1) is 0 Å². The van der Waals surface area contributed by atoms with E-state index in [2.05, 4.69) is 25.1 Å². The second-order valence-electron chi connectivity index (χ2n) is 7.14. The summed E-state index contributed by atoms with van der Waals surface area (Å²) in [7, 11) is 1.81. The Bertz CT molecular complexity index is 614. The molecule has 1 saturated heterocycles. The van der Waals surface area contributed by atoms with Crippen molar-refractivity contribution in [3.8, 4) is 0 Å². The third-order valence-corrected chi connectivity index (χ3v) is 5.21. The van der Waals surface area contributed by atoms with Crippen LogP contribution in [0.25, 0.3) is 0 Å². The first-order valence-electron chi connectivity index (χ1n) is 10.1. The van der Waals surface area contributed by atoms with Crippen LogP contribution in [-0.4, -0.2) is 67.7 Å². The number of aliphatic imine (C=N–C) groups is 1. The van der Waals surface area contributed by atoms with Gasteiger partial charge in [0.15, 0.2) is 5.96 Å². The third-order valence-electron chi connectivity index (χ3n) is 5.21. The number of carbonyl (C=O) groups excluding carboxylic acids is 1. The second-order valence-corrected chi connectivity index (χ2v) is 7.14. The molecule has 2 fully saturated rings. The molecule has 0 aromatic carbocycles. The number of aromatic nitrogens is 1. The van der Waals surface area contributed by atoms with Gasteiger partial charge in [-0.1, -0.05) is 6.07 Å². The van der Waals surface area contributed by atoms with Gasteiger partial charge in [-0.3, -0.25) is 9.79 Å². The van der Waals surface area contributed by atoms with Crippen molar-refractivity contribution < 1.29 is 9.53 Å². The molecule has 0 bridgehead atoms. The molecule has 1 aromatic rings. The molecule has 0 amide bonds. The molecular weight excluding hydrogens is 469 g/mol. The Balaban J connectivity index is 0.00000280. The summed E-state index contributed by atoms with van der Waals surface area (Å²) in [6.45, 7) is 4.38. The van der Waals surface area contributed by atoms with Gasteiger partial charge < -0.3 is 19.9 Å². The first-order valence-corrected chi connectivity index (χ1v) is 10.1. The fourth-order valence-electron chi connectivity index (χ4n) is 3.70. The standard InChI is InChI=1S/C20H31N5O2.HI/c1-21-20(23-12-6-10-19(26)27-17-7-2-3-8-17)25-15-13-24(14-16-25)18-9-4-5-11-22-18;/h4-5,9,11,17H,2-3,6-8,10,12-16H2,1H3,(H,21,23);1H. The molecule has 0 atom stereocenters. The summed E-state index contributed by atoms with van der Waals surface area (Å²) in [6.07, 6.45) is 7.65. The number of hydrogen-bond acceptors (Lipinski definition) is 5. The minimum absolute atomic E-state index is 0. The van der Waals surface area contributed by atoms with E-state index >= 15 is 0 Å². The normalized spacial score (nSPS) is 18.0. The summed E-state index contributed by atoms with van der Waals surface area (Å²) in [5.41, 5.74) is 0. The Morgan fingerprint density at radius 3 is 2.64 bits per heavy atom. The molecule has 1 aliphatic heterocycles. The Morgan fingerprint density at radius 1 is 1.25 bits per heavy atom. The van der Waals surface area contributed by atoms with Crippen molar-refractivity contribution in [1.82, 2.24) is 15.2 Å². The van der Waals surface area contributed by atoms with Crippen LogP contribution in [0.2, 0.25) is 0 Å². The fourth-order valence-corrected chi connectivity index (χ4v) is 3.70. The molecular formula is C20H32IN5O2. The number of nitrogens with one attached hydrogen (secondary N) is 1. The van der Waals surface area contributed by atoms with Crippen LogP contribution in [0.4, 0.5) is 5.82 Å². The van der Waals surface area contributed by atoms with Crippen molar-refractivity contribution in [1.29, 1.82) is 0 Å². The molecule has 2 heterocycles. The number of halogens is 1. The minimum Gasteiger partial charge on any atom is -0.462 e. The van der Waals surface area contributed by atoms with E-state index in [1.807, 2.05) is 31.4 Å². The molecule has 0 radical (unpaired) electrons. The highest BCUT2D eigenvalue weighted by Gasteiger charge is 2.21. The predicted octanol–water partition coefficient (Wildman–Crippen LogP) is 2.66. The maximum absolute atomic E-state index is 11.9. The zero-order chi connectivity index (χ0) is 18.9. The van der Waals surface area contributed by atoms with Gasteiger partial charge in [0.25, 0.3) is 0 Å². The van der Waals surface area contributed by atoms with Crippen LogP contribution in [0.5, 0.6) is 0 Å². The van der Waals surface area contributed by atoms with Crippen LogP contribution in [0.1, 0.15) is 38.5 Å². The lowest BCUT2D eigenvalue weighted by Crippen LogP contribution is -2.52. The summed E-state index contributed by atoms with van der Waals surface area (Å²) in [5.74, 6) is 1.86. The highest BCUT2D eigenvalue weighted by molar-refractivity contribution is 14.0. The van der Waals surface area contributed by atoms with E-state index in [0.717, 1.165) is 63.8 Å². The summed E-state index contributed by atoms with van der Waals surface area (Å²) >= 11 is 0. The van der Waals surface area contributed by atoms with Crippen molar-refractivity contribution >= 4 is 41.7 Å². The SMILES string of the molecule is CN=C(NCCCC(=O)OC1CCCC1)N1CCN(c2ccccn2)CC1.I. The van der Waals surface area contributed by atoms with E-state index in [-0.39, 0.29) is 36.0 Å². The number of pyridine rings is 1. The quantitative estimate of drug-likeness (QED) is 0.213. The molecule has 7 nitrogen and oxygen atoms in total. The van der Waals surface area contributed by atoms with Crippen molar-refractivity contribution in [3.05, 3.63) is 24.4 Å². The zero-order valence-corrected chi connectivity index (χ0v) is 19.0. The molecule has 1 aromatic heterocycles. The van der Waals surface area contributed by atoms with Gasteiger partial charge in [0.1, 0.15) is 11.9 Å². The van der Waals surface area contributed by atoms with Crippen LogP contribution >= 0.6 is 24.0 Å². The van der Waals surface area contributed by atoms with E-state index in [1.54, 1.807) is 0 Å². The molecule has 3 rings (SSSR count). The van der Waals surface area contributed by atoms with Gasteiger partial charge in [-0.05, 0) is 44.2 Å². The molecule has 28 heavy (non-hydrogen) atoms. The van der Waals surface area contributed by atoms with Crippen LogP contribution < -0.4 is 10.2 Å². The van der Waals surface area contributed by atoms with E-state index in [9.17, 15) is 4.79 Å². The largest absolute Gasteiger partial charge is 0.462 e. The molecule has 8 heteroatoms. The van der Waals surface area contributed by atoms with E-state index in [1.165, 1.54) is 12.8 Å². The fraction of sp³-hybridized carbons (Fsp3) is 0.650. The lowest BCUT2D eigenvalue weighted by Gasteiger charge is -2.37. The third kappa shape index (κ3) is 6.79. The van der Waals surface area contributed by atoms with Crippen molar-refractivity contribution in [2.75, 3.05) is 44.7 Å². The molecule has 0 spiro atoms. The number of nitrogens with zero attached hydrogens (tertiary/aromatic N) is 4. The number of guanidine groups is 1. The van der Waals surface area contributed by atoms with Gasteiger partial charge in [-0.15, -0.1) is 24.0 Å². The van der Waals surface area contributed by atoms with E-state index in [4.69, 9.17) is 4.74 Å². The summed E-state index contributed by atoms with van der Waals surface area (Å²) < 4.78 is 5.50. The minimum atomic E-state index is -0.0670. The maximum Gasteiger partial charge on any atom is 0.306 e. The Kier molecular flexibility index (Phi) is 9.80. The van der Waals surface area contributed by atoms with E-state index < -0.39 is 0 Å². The number of ether oxygens (including phenoxy) is 1. The average Bonchev–Trinajstić information content (AvgIpc) is 3.22. The molecule has 0 unspecified atom stereocenters. The average molecular weight is 501 g/mol. The van der Waals surface area contributed by atoms with Gasteiger partial charge in [0.05, 0.1) is 0 Å². The number of esters is 1. The lowest BCUT2D eigenvalue weighted by molar-refractivity contribution is -0.148. The van der Waals surface area contributed by atoms with Crippen LogP contribution in [0.15, 0.2) is 29.4 Å². The topological polar surface area (TPSA) is 70.1 Å². The Labute approximate surface area is 184 Å². The second kappa shape index (κ2) is 12.1. The monoisotopic (exact) mass is 501 g/mol. The smallest absolute Gasteiger partial charge is 0.306 e. The van der Waals surface area contributed by atoms with Gasteiger partial charge in [-0.25, -0.2) is 4.98 Å². The number of piperazine rings is 1. The maximum atomic E-state index is 11.9. The summed E-state index contributed by atoms with van der Waals surface area (Å²) in [5, 5.41) is 3.38. The Morgan fingerprint density at radius 2 is 2.00 bits per heavy atom. The first kappa shape index (κ1) is 22.7. The van der Waals surface area contributed by atoms with Crippen molar-refractivity contribution in [2.24, 2.45) is 4.99 Å². The number of carbonyl (C=O) groups is 1. The van der Waals surface area contributed by atoms with Crippen molar-refractivity contribution in [3.63, 3.8) is 0 Å². The first-order chi connectivity index (χ1) is 13.3. The molecule has 1 aliphatic carbocycles.